The molecular weight excluding hydrogens is 144 g/mol. The molecule has 0 atom stereocenters. The third-order valence-corrected chi connectivity index (χ3v) is 2.98. The SMILES string of the molecule is CCC1(C(=N)SC=N)CC1. The monoisotopic (exact) mass is 156 g/mol. The van der Waals surface area contributed by atoms with Crippen molar-refractivity contribution in [2.45, 2.75) is 26.2 Å². The number of hydrogen-bond donors (Lipinski definition) is 2. The van der Waals surface area contributed by atoms with Gasteiger partial charge in [-0.2, -0.15) is 0 Å². The summed E-state index contributed by atoms with van der Waals surface area (Å²) >= 11 is 1.25. The van der Waals surface area contributed by atoms with Crippen LogP contribution in [-0.2, 0) is 0 Å². The summed E-state index contributed by atoms with van der Waals surface area (Å²) in [7, 11) is 0. The van der Waals surface area contributed by atoms with Gasteiger partial charge in [-0.15, -0.1) is 0 Å². The van der Waals surface area contributed by atoms with E-state index in [1.54, 1.807) is 0 Å². The van der Waals surface area contributed by atoms with Crippen LogP contribution in [0, 0.1) is 16.2 Å². The zero-order chi connectivity index (χ0) is 7.61. The van der Waals surface area contributed by atoms with E-state index in [-0.39, 0.29) is 5.41 Å². The van der Waals surface area contributed by atoms with E-state index in [2.05, 4.69) is 6.92 Å². The number of nitrogens with one attached hydrogen (secondary N) is 2. The van der Waals surface area contributed by atoms with E-state index in [1.807, 2.05) is 0 Å². The van der Waals surface area contributed by atoms with Crippen LogP contribution in [0.25, 0.3) is 0 Å². The zero-order valence-corrected chi connectivity index (χ0v) is 6.92. The lowest BCUT2D eigenvalue weighted by molar-refractivity contribution is 0.676. The highest BCUT2D eigenvalue weighted by atomic mass is 32.2. The molecule has 1 aliphatic rings. The van der Waals surface area contributed by atoms with Crippen LogP contribution < -0.4 is 0 Å². The first-order valence-corrected chi connectivity index (χ1v) is 4.38. The average Bonchev–Trinajstić information content (AvgIpc) is 2.68. The van der Waals surface area contributed by atoms with Gasteiger partial charge in [-0.3, -0.25) is 5.41 Å². The topological polar surface area (TPSA) is 47.7 Å². The number of thioether (sulfide) groups is 1. The lowest BCUT2D eigenvalue weighted by Gasteiger charge is -2.09. The van der Waals surface area contributed by atoms with Crippen molar-refractivity contribution in [1.29, 1.82) is 10.8 Å². The molecule has 1 aliphatic carbocycles. The van der Waals surface area contributed by atoms with Gasteiger partial charge in [0.25, 0.3) is 0 Å². The minimum Gasteiger partial charge on any atom is -0.301 e. The van der Waals surface area contributed by atoms with Gasteiger partial charge in [0.2, 0.25) is 0 Å². The van der Waals surface area contributed by atoms with Crippen LogP contribution in [0.5, 0.6) is 0 Å². The second-order valence-electron chi connectivity index (χ2n) is 2.70. The predicted molar refractivity (Wildman–Crippen MR) is 46.1 cm³/mol. The molecule has 0 aliphatic heterocycles. The minimum absolute atomic E-state index is 0.197. The van der Waals surface area contributed by atoms with Crippen molar-refractivity contribution in [3.05, 3.63) is 0 Å². The predicted octanol–water partition coefficient (Wildman–Crippen LogP) is 2.49. The summed E-state index contributed by atoms with van der Waals surface area (Å²) < 4.78 is 0. The Balaban J connectivity index is 2.47. The van der Waals surface area contributed by atoms with Crippen molar-refractivity contribution in [2.75, 3.05) is 0 Å². The molecule has 2 nitrogen and oxygen atoms in total. The van der Waals surface area contributed by atoms with Gasteiger partial charge >= 0.3 is 0 Å². The fourth-order valence-corrected chi connectivity index (χ4v) is 1.79. The Morgan fingerprint density at radius 2 is 2.30 bits per heavy atom. The van der Waals surface area contributed by atoms with Crippen LogP contribution in [0.2, 0.25) is 0 Å². The second-order valence-corrected chi connectivity index (χ2v) is 3.58. The Morgan fingerprint density at radius 3 is 2.60 bits per heavy atom. The molecule has 1 fully saturated rings. The lowest BCUT2D eigenvalue weighted by atomic mass is 10.1. The van der Waals surface area contributed by atoms with Crippen LogP contribution in [0.1, 0.15) is 26.2 Å². The summed E-state index contributed by atoms with van der Waals surface area (Å²) in [6.45, 7) is 2.12. The maximum Gasteiger partial charge on any atom is 0.0759 e. The molecule has 0 radical (unpaired) electrons. The Hall–Kier alpha value is -0.310. The van der Waals surface area contributed by atoms with E-state index < -0.39 is 0 Å². The molecule has 2 N–H and O–H groups in total. The van der Waals surface area contributed by atoms with Crippen LogP contribution >= 0.6 is 11.8 Å². The molecule has 1 rings (SSSR count). The molecule has 10 heavy (non-hydrogen) atoms. The van der Waals surface area contributed by atoms with E-state index in [1.165, 1.54) is 17.3 Å². The number of rotatable bonds is 3. The van der Waals surface area contributed by atoms with Gasteiger partial charge in [-0.1, -0.05) is 18.7 Å². The van der Waals surface area contributed by atoms with Crippen LogP contribution in [0.4, 0.5) is 0 Å². The first-order valence-electron chi connectivity index (χ1n) is 3.50. The highest BCUT2D eigenvalue weighted by molar-refractivity contribution is 8.24. The summed E-state index contributed by atoms with van der Waals surface area (Å²) in [5.41, 5.74) is 1.44. The molecule has 0 spiro atoms. The maximum atomic E-state index is 7.57. The van der Waals surface area contributed by atoms with Crippen molar-refractivity contribution in [3.8, 4) is 0 Å². The molecule has 0 heterocycles. The summed E-state index contributed by atoms with van der Waals surface area (Å²) in [6.07, 6.45) is 3.37. The third-order valence-electron chi connectivity index (χ3n) is 2.19. The average molecular weight is 156 g/mol. The molecule has 0 aromatic heterocycles. The quantitative estimate of drug-likeness (QED) is 0.478. The van der Waals surface area contributed by atoms with Crippen molar-refractivity contribution < 1.29 is 0 Å². The van der Waals surface area contributed by atoms with Crippen molar-refractivity contribution in [3.63, 3.8) is 0 Å². The van der Waals surface area contributed by atoms with Crippen molar-refractivity contribution >= 4 is 22.4 Å². The van der Waals surface area contributed by atoms with Gasteiger partial charge in [0.15, 0.2) is 0 Å². The largest absolute Gasteiger partial charge is 0.301 e. The van der Waals surface area contributed by atoms with Crippen LogP contribution in [0.15, 0.2) is 0 Å². The Bertz CT molecular complexity index is 161. The van der Waals surface area contributed by atoms with Crippen LogP contribution in [-0.4, -0.2) is 10.6 Å². The summed E-state index contributed by atoms with van der Waals surface area (Å²) in [4.78, 5) is 0. The number of hydrogen-bond acceptors (Lipinski definition) is 3. The lowest BCUT2D eigenvalue weighted by Crippen LogP contribution is -2.09. The third kappa shape index (κ3) is 1.24. The molecule has 0 amide bonds. The summed E-state index contributed by atoms with van der Waals surface area (Å²) in [6, 6.07) is 0. The first kappa shape index (κ1) is 7.79. The van der Waals surface area contributed by atoms with Gasteiger partial charge in [-0.05, 0) is 19.3 Å². The molecule has 0 saturated heterocycles. The van der Waals surface area contributed by atoms with Gasteiger partial charge < -0.3 is 5.41 Å². The Kier molecular flexibility index (Phi) is 2.14. The van der Waals surface area contributed by atoms with Crippen molar-refractivity contribution in [1.82, 2.24) is 0 Å². The maximum absolute atomic E-state index is 7.57. The molecule has 56 valence electrons. The first-order chi connectivity index (χ1) is 4.75. The van der Waals surface area contributed by atoms with Gasteiger partial charge in [0.05, 0.1) is 10.6 Å². The molecule has 1 saturated carbocycles. The molecule has 0 bridgehead atoms. The van der Waals surface area contributed by atoms with E-state index in [4.69, 9.17) is 10.8 Å². The standard InChI is InChI=1S/C7H12N2S/c1-2-7(3-4-7)6(9)10-5-8/h5,8-9H,2-4H2,1H3. The smallest absolute Gasteiger partial charge is 0.0759 e. The van der Waals surface area contributed by atoms with Gasteiger partial charge in [0, 0.05) is 5.41 Å². The van der Waals surface area contributed by atoms with E-state index in [0.717, 1.165) is 19.3 Å². The molecule has 0 unspecified atom stereocenters. The second kappa shape index (κ2) is 2.74. The molecular formula is C7H12N2S. The molecule has 0 aromatic carbocycles. The summed E-state index contributed by atoms with van der Waals surface area (Å²) in [5.74, 6) is 0. The van der Waals surface area contributed by atoms with E-state index >= 15 is 0 Å². The minimum atomic E-state index is 0.197. The van der Waals surface area contributed by atoms with Gasteiger partial charge in [0.1, 0.15) is 0 Å². The molecule has 3 heteroatoms. The summed E-state index contributed by atoms with van der Waals surface area (Å²) in [5, 5.41) is 15.1. The van der Waals surface area contributed by atoms with Crippen LogP contribution in [0.3, 0.4) is 0 Å². The molecule has 0 aromatic rings. The van der Waals surface area contributed by atoms with E-state index in [9.17, 15) is 0 Å². The fraction of sp³-hybridized carbons (Fsp3) is 0.714. The Morgan fingerprint density at radius 1 is 1.70 bits per heavy atom. The van der Waals surface area contributed by atoms with E-state index in [0.29, 0.717) is 5.04 Å². The zero-order valence-electron chi connectivity index (χ0n) is 6.11. The normalized spacial score (nSPS) is 20.1. The fourth-order valence-electron chi connectivity index (χ4n) is 1.08. The Labute approximate surface area is 65.4 Å². The van der Waals surface area contributed by atoms with Gasteiger partial charge in [-0.25, -0.2) is 0 Å². The highest BCUT2D eigenvalue weighted by Crippen LogP contribution is 2.51. The highest BCUT2D eigenvalue weighted by Gasteiger charge is 2.44. The van der Waals surface area contributed by atoms with Crippen molar-refractivity contribution in [2.24, 2.45) is 5.41 Å².